The second-order valence-electron chi connectivity index (χ2n) is 8.52. The SMILES string of the molecule is Cc1cccc(C(F)(F)F)c1OC(=O)c1c2ccccc2[n+](C(=O)ON2C(=O)CCC2=O)c2ccccc12. The molecular formula is C27H18F3N2O6+. The molecule has 2 heterocycles. The van der Waals surface area contributed by atoms with Crippen molar-refractivity contribution in [3.63, 3.8) is 0 Å². The molecule has 3 aromatic carbocycles. The summed E-state index contributed by atoms with van der Waals surface area (Å²) in [5.41, 5.74) is -0.790. The van der Waals surface area contributed by atoms with E-state index in [1.807, 2.05) is 0 Å². The lowest BCUT2D eigenvalue weighted by Gasteiger charge is -2.16. The predicted molar refractivity (Wildman–Crippen MR) is 126 cm³/mol. The van der Waals surface area contributed by atoms with E-state index in [0.717, 1.165) is 10.6 Å². The van der Waals surface area contributed by atoms with Crippen LogP contribution in [-0.2, 0) is 20.6 Å². The Bertz CT molecular complexity index is 1590. The number of halogens is 3. The number of imide groups is 1. The second kappa shape index (κ2) is 9.25. The quantitative estimate of drug-likeness (QED) is 0.125. The maximum Gasteiger partial charge on any atom is 0.628 e. The van der Waals surface area contributed by atoms with Gasteiger partial charge < -0.3 is 4.74 Å². The third-order valence-electron chi connectivity index (χ3n) is 6.10. The van der Waals surface area contributed by atoms with Gasteiger partial charge in [0.25, 0.3) is 11.8 Å². The average molecular weight is 523 g/mol. The number of aromatic nitrogens is 1. The summed E-state index contributed by atoms with van der Waals surface area (Å²) in [5, 5.41) is 0.751. The Balaban J connectivity index is 1.68. The topological polar surface area (TPSA) is 93.9 Å². The Hall–Kier alpha value is -4.80. The highest BCUT2D eigenvalue weighted by molar-refractivity contribution is 6.14. The third-order valence-corrected chi connectivity index (χ3v) is 6.10. The number of benzene rings is 3. The van der Waals surface area contributed by atoms with E-state index < -0.39 is 41.4 Å². The monoisotopic (exact) mass is 523 g/mol. The van der Waals surface area contributed by atoms with Crippen LogP contribution in [0.1, 0.15) is 34.3 Å². The molecule has 0 spiro atoms. The molecule has 0 saturated carbocycles. The number of hydrogen-bond donors (Lipinski definition) is 0. The molecule has 192 valence electrons. The molecule has 1 aliphatic heterocycles. The van der Waals surface area contributed by atoms with Crippen LogP contribution in [0, 0.1) is 6.92 Å². The molecule has 1 aromatic heterocycles. The Labute approximate surface area is 212 Å². The van der Waals surface area contributed by atoms with Crippen molar-refractivity contribution >= 4 is 45.7 Å². The summed E-state index contributed by atoms with van der Waals surface area (Å²) in [4.78, 5) is 55.9. The highest BCUT2D eigenvalue weighted by Gasteiger charge is 2.39. The lowest BCUT2D eigenvalue weighted by molar-refractivity contribution is -0.536. The van der Waals surface area contributed by atoms with Crippen LogP contribution >= 0.6 is 0 Å². The van der Waals surface area contributed by atoms with E-state index in [9.17, 15) is 32.3 Å². The highest BCUT2D eigenvalue weighted by Crippen LogP contribution is 2.39. The number of para-hydroxylation sites is 3. The van der Waals surface area contributed by atoms with Gasteiger partial charge >= 0.3 is 18.2 Å². The zero-order chi connectivity index (χ0) is 27.2. The fraction of sp³-hybridized carbons (Fsp3) is 0.148. The van der Waals surface area contributed by atoms with Gasteiger partial charge in [0.2, 0.25) is 11.0 Å². The fourth-order valence-electron chi connectivity index (χ4n) is 4.38. The fourth-order valence-corrected chi connectivity index (χ4v) is 4.38. The van der Waals surface area contributed by atoms with Gasteiger partial charge in [-0.25, -0.2) is 4.79 Å². The van der Waals surface area contributed by atoms with E-state index >= 15 is 0 Å². The molecule has 5 rings (SSSR count). The minimum Gasteiger partial charge on any atom is -0.422 e. The van der Waals surface area contributed by atoms with E-state index in [4.69, 9.17) is 9.57 Å². The molecule has 0 unspecified atom stereocenters. The number of fused-ring (bicyclic) bond motifs is 2. The van der Waals surface area contributed by atoms with Crippen LogP contribution in [0.4, 0.5) is 18.0 Å². The molecule has 0 bridgehead atoms. The standard InChI is InChI=1S/C27H18F3N2O6/c1-15-7-6-10-18(27(28,29)30)24(15)37-25(35)23-16-8-2-4-11-19(16)31(20-12-5-3-9-17(20)23)26(36)38-32-21(33)13-14-22(32)34/h2-12H,13-14H2,1H3/q+1. The van der Waals surface area contributed by atoms with Crippen molar-refractivity contribution in [2.24, 2.45) is 0 Å². The van der Waals surface area contributed by atoms with Crippen LogP contribution < -0.4 is 9.30 Å². The second-order valence-corrected chi connectivity index (χ2v) is 8.52. The van der Waals surface area contributed by atoms with Crippen LogP contribution in [0.2, 0.25) is 0 Å². The number of hydroxylamine groups is 2. The summed E-state index contributed by atoms with van der Waals surface area (Å²) in [5.74, 6) is -3.03. The maximum absolute atomic E-state index is 13.7. The summed E-state index contributed by atoms with van der Waals surface area (Å²) in [6.07, 6.45) is -6.04. The van der Waals surface area contributed by atoms with Crippen LogP contribution in [0.5, 0.6) is 5.75 Å². The number of amides is 2. The molecule has 0 aliphatic carbocycles. The van der Waals surface area contributed by atoms with Crippen molar-refractivity contribution < 1.29 is 46.5 Å². The van der Waals surface area contributed by atoms with E-state index in [1.54, 1.807) is 24.3 Å². The van der Waals surface area contributed by atoms with Gasteiger partial charge in [-0.2, -0.15) is 18.0 Å². The van der Waals surface area contributed by atoms with E-state index in [0.29, 0.717) is 5.06 Å². The molecule has 0 N–H and O–H groups in total. The highest BCUT2D eigenvalue weighted by atomic mass is 19.4. The molecule has 8 nitrogen and oxygen atoms in total. The molecule has 1 fully saturated rings. The number of pyridine rings is 1. The van der Waals surface area contributed by atoms with Crippen LogP contribution in [0.3, 0.4) is 0 Å². The van der Waals surface area contributed by atoms with Crippen molar-refractivity contribution in [2.75, 3.05) is 0 Å². The largest absolute Gasteiger partial charge is 0.628 e. The number of esters is 1. The first-order valence-electron chi connectivity index (χ1n) is 11.4. The number of hydrogen-bond acceptors (Lipinski definition) is 6. The van der Waals surface area contributed by atoms with E-state index in [1.165, 1.54) is 43.3 Å². The lowest BCUT2D eigenvalue weighted by Crippen LogP contribution is -2.49. The van der Waals surface area contributed by atoms with Gasteiger partial charge in [0.15, 0.2) is 0 Å². The Morgan fingerprint density at radius 3 is 1.95 bits per heavy atom. The van der Waals surface area contributed by atoms with Gasteiger partial charge in [-0.3, -0.25) is 14.4 Å². The van der Waals surface area contributed by atoms with Gasteiger partial charge in [-0.1, -0.05) is 46.0 Å². The van der Waals surface area contributed by atoms with E-state index in [-0.39, 0.29) is 45.8 Å². The van der Waals surface area contributed by atoms with Crippen LogP contribution in [0.15, 0.2) is 66.7 Å². The number of carbonyl (C=O) groups is 4. The summed E-state index contributed by atoms with van der Waals surface area (Å²) in [7, 11) is 0. The van der Waals surface area contributed by atoms with Crippen molar-refractivity contribution in [1.29, 1.82) is 0 Å². The number of aryl methyl sites for hydroxylation is 1. The molecular weight excluding hydrogens is 505 g/mol. The Morgan fingerprint density at radius 2 is 1.39 bits per heavy atom. The van der Waals surface area contributed by atoms with E-state index in [2.05, 4.69) is 0 Å². The van der Waals surface area contributed by atoms with Crippen molar-refractivity contribution in [1.82, 2.24) is 5.06 Å². The van der Waals surface area contributed by atoms with Crippen molar-refractivity contribution in [3.8, 4) is 5.75 Å². The van der Waals surface area contributed by atoms with Gasteiger partial charge in [0.1, 0.15) is 5.75 Å². The number of nitrogens with zero attached hydrogens (tertiary/aromatic N) is 2. The van der Waals surface area contributed by atoms with Gasteiger partial charge in [0, 0.05) is 25.0 Å². The molecule has 1 aliphatic rings. The summed E-state index contributed by atoms with van der Waals surface area (Å²) >= 11 is 0. The molecule has 0 radical (unpaired) electrons. The van der Waals surface area contributed by atoms with Crippen LogP contribution in [-0.4, -0.2) is 28.9 Å². The summed E-state index contributed by atoms with van der Waals surface area (Å²) in [6, 6.07) is 15.7. The lowest BCUT2D eigenvalue weighted by atomic mass is 10.0. The number of ether oxygens (including phenoxy) is 1. The smallest absolute Gasteiger partial charge is 0.422 e. The Kier molecular flexibility index (Phi) is 6.06. The zero-order valence-corrected chi connectivity index (χ0v) is 19.7. The first kappa shape index (κ1) is 24.9. The van der Waals surface area contributed by atoms with Gasteiger partial charge in [0.05, 0.1) is 21.9 Å². The zero-order valence-electron chi connectivity index (χ0n) is 19.7. The molecule has 11 heteroatoms. The molecule has 38 heavy (non-hydrogen) atoms. The average Bonchev–Trinajstić information content (AvgIpc) is 3.19. The number of carbonyl (C=O) groups excluding carboxylic acids is 4. The first-order chi connectivity index (χ1) is 18.1. The maximum atomic E-state index is 13.7. The summed E-state index contributed by atoms with van der Waals surface area (Å²) in [6.45, 7) is 1.39. The molecule has 2 amide bonds. The van der Waals surface area contributed by atoms with Crippen molar-refractivity contribution in [2.45, 2.75) is 25.9 Å². The molecule has 4 aromatic rings. The van der Waals surface area contributed by atoms with Crippen LogP contribution in [0.25, 0.3) is 21.8 Å². The summed E-state index contributed by atoms with van der Waals surface area (Å²) < 4.78 is 47.4. The molecule has 1 saturated heterocycles. The minimum atomic E-state index is -4.76. The normalized spacial score (nSPS) is 13.8. The van der Waals surface area contributed by atoms with Gasteiger partial charge in [-0.15, -0.1) is 0 Å². The first-order valence-corrected chi connectivity index (χ1v) is 11.4. The molecule has 0 atom stereocenters. The minimum absolute atomic E-state index is 0.0787. The Morgan fingerprint density at radius 1 is 0.842 bits per heavy atom. The number of rotatable bonds is 3. The van der Waals surface area contributed by atoms with Gasteiger partial charge in [-0.05, 0) is 30.7 Å². The van der Waals surface area contributed by atoms with Crippen molar-refractivity contribution in [3.05, 3.63) is 83.4 Å². The predicted octanol–water partition coefficient (Wildman–Crippen LogP) is 4.88. The third kappa shape index (κ3) is 4.21. The number of alkyl halides is 3.